The highest BCUT2D eigenvalue weighted by atomic mass is 31.2. The van der Waals surface area contributed by atoms with Crippen molar-refractivity contribution in [1.82, 2.24) is 9.55 Å². The van der Waals surface area contributed by atoms with Crippen LogP contribution in [-0.4, -0.2) is 78.8 Å². The van der Waals surface area contributed by atoms with E-state index in [4.69, 9.17) is 18.3 Å². The van der Waals surface area contributed by atoms with Gasteiger partial charge in [-0.2, -0.15) is 0 Å². The second-order valence-electron chi connectivity index (χ2n) is 7.44. The lowest BCUT2D eigenvalue weighted by Crippen LogP contribution is -2.44. The van der Waals surface area contributed by atoms with Crippen LogP contribution in [0.1, 0.15) is 13.2 Å². The number of nitrogens with one attached hydrogen (secondary N) is 1. The molecule has 1 aliphatic carbocycles. The first-order valence-electron chi connectivity index (χ1n) is 9.70. The highest BCUT2D eigenvalue weighted by molar-refractivity contribution is 7.48. The van der Waals surface area contributed by atoms with E-state index in [0.29, 0.717) is 0 Å². The smallest absolute Gasteiger partial charge is 0.438 e. The van der Waals surface area contributed by atoms with Crippen LogP contribution in [0.3, 0.4) is 0 Å². The normalized spacial score (nSPS) is 29.2. The van der Waals surface area contributed by atoms with Crippen molar-refractivity contribution < 1.29 is 60.9 Å². The van der Waals surface area contributed by atoms with E-state index >= 15 is 0 Å². The number of rotatable bonds is 10. The van der Waals surface area contributed by atoms with Crippen molar-refractivity contribution in [2.24, 2.45) is 5.92 Å². The molecule has 2 heterocycles. The van der Waals surface area contributed by atoms with Gasteiger partial charge in [0.15, 0.2) is 6.23 Å². The topological polar surface area (TPSA) is 200 Å². The predicted octanol–water partition coefficient (Wildman–Crippen LogP) is 0.162. The Balaban J connectivity index is 1.78. The molecule has 0 radical (unpaired) electrons. The number of ether oxygens (including phenoxy) is 5. The van der Waals surface area contributed by atoms with Gasteiger partial charge in [0.05, 0.1) is 20.1 Å². The van der Waals surface area contributed by atoms with Crippen molar-refractivity contribution in [3.05, 3.63) is 33.1 Å². The number of carbonyl (C=O) groups is 2. The number of hydrogen-bond acceptors (Lipinski definition) is 14. The Morgan fingerprint density at radius 2 is 1.77 bits per heavy atom. The number of nitrogens with zero attached hydrogens (tertiary/aromatic N) is 1. The van der Waals surface area contributed by atoms with E-state index in [-0.39, 0.29) is 0 Å². The van der Waals surface area contributed by atoms with E-state index in [1.165, 1.54) is 6.92 Å². The first-order valence-corrected chi connectivity index (χ1v) is 11.2. The third-order valence-electron chi connectivity index (χ3n) is 5.33. The number of alkyl halides is 1. The fourth-order valence-electron chi connectivity index (χ4n) is 3.73. The number of aromatic nitrogens is 2. The molecule has 3 rings (SSSR count). The quantitative estimate of drug-likeness (QED) is 0.236. The Hall–Kier alpha value is -2.82. The lowest BCUT2D eigenvalue weighted by Gasteiger charge is -2.31. The summed E-state index contributed by atoms with van der Waals surface area (Å²) in [6.07, 6.45) is -4.24. The van der Waals surface area contributed by atoms with E-state index < -0.39 is 81.1 Å². The van der Waals surface area contributed by atoms with Crippen LogP contribution >= 0.6 is 7.82 Å². The van der Waals surface area contributed by atoms with E-state index in [1.54, 1.807) is 0 Å². The second-order valence-corrected chi connectivity index (χ2v) is 9.07. The number of fused-ring (bicyclic) bond motifs is 1. The van der Waals surface area contributed by atoms with Gasteiger partial charge in [-0.25, -0.2) is 32.4 Å². The van der Waals surface area contributed by atoms with Gasteiger partial charge in [-0.3, -0.25) is 18.9 Å². The van der Waals surface area contributed by atoms with Crippen molar-refractivity contribution >= 4 is 20.1 Å². The van der Waals surface area contributed by atoms with Gasteiger partial charge in [0.2, 0.25) is 13.6 Å². The number of carbonyl (C=O) groups excluding carboxylic acids is 2. The summed E-state index contributed by atoms with van der Waals surface area (Å²) in [6.45, 7) is -2.05. The van der Waals surface area contributed by atoms with Crippen molar-refractivity contribution in [2.75, 3.05) is 34.5 Å². The molecule has 1 aromatic heterocycles. The second kappa shape index (κ2) is 10.0. The van der Waals surface area contributed by atoms with Crippen molar-refractivity contribution in [1.29, 1.82) is 0 Å². The lowest BCUT2D eigenvalue weighted by molar-refractivity contribution is -0.148. The summed E-state index contributed by atoms with van der Waals surface area (Å²) in [5.74, 6) is -1.20. The lowest BCUT2D eigenvalue weighted by atomic mass is 9.98. The SMILES string of the molecule is COC(=O)OCOP(=O)(OCOC(=O)OC)OC1C2C(C)(O)C(n3ccc(=O)[nH]c3=O)OC12CF. The van der Waals surface area contributed by atoms with Crippen LogP contribution in [0.4, 0.5) is 14.0 Å². The molecule has 0 spiro atoms. The molecule has 2 aliphatic rings. The Kier molecular flexibility index (Phi) is 7.68. The molecule has 1 saturated heterocycles. The Morgan fingerprint density at radius 3 is 2.23 bits per heavy atom. The van der Waals surface area contributed by atoms with Crippen LogP contribution in [0.15, 0.2) is 21.9 Å². The maximum Gasteiger partial charge on any atom is 0.510 e. The fraction of sp³-hybridized carbons (Fsp3) is 0.647. The fourth-order valence-corrected chi connectivity index (χ4v) is 4.87. The molecule has 0 amide bonds. The molecule has 0 bridgehead atoms. The van der Waals surface area contributed by atoms with Gasteiger partial charge >= 0.3 is 25.8 Å². The summed E-state index contributed by atoms with van der Waals surface area (Å²) in [7, 11) is -2.76. The average molecular weight is 528 g/mol. The zero-order valence-electron chi connectivity index (χ0n) is 18.5. The molecule has 18 heteroatoms. The van der Waals surface area contributed by atoms with E-state index in [1.807, 2.05) is 4.98 Å². The molecule has 0 aromatic carbocycles. The number of methoxy groups -OCH3 is 2. The first-order chi connectivity index (χ1) is 16.4. The van der Waals surface area contributed by atoms with Gasteiger partial charge in [-0.05, 0) is 6.92 Å². The standard InChI is InChI=1S/C17H22FN2O14P/c1-16(25)10-11(17(10,6-18)33-12(16)20-5-4-9(21)19-13(20)22)34-35(26,31-7-29-14(23)27-2)32-8-30-15(24)28-3/h4-5,10-12,25H,6-8H2,1-3H3,(H,19,21,22). The molecule has 2 fully saturated rings. The van der Waals surface area contributed by atoms with Crippen LogP contribution in [-0.2, 0) is 41.8 Å². The van der Waals surface area contributed by atoms with Gasteiger partial charge in [-0.1, -0.05) is 0 Å². The minimum Gasteiger partial charge on any atom is -0.438 e. The minimum absolute atomic E-state index is 0.700. The summed E-state index contributed by atoms with van der Waals surface area (Å²) in [5, 5.41) is 11.1. The van der Waals surface area contributed by atoms with Gasteiger partial charge in [-0.15, -0.1) is 0 Å². The maximum absolute atomic E-state index is 14.1. The van der Waals surface area contributed by atoms with Crippen LogP contribution in [0.5, 0.6) is 0 Å². The molecule has 196 valence electrons. The molecular weight excluding hydrogens is 506 g/mol. The first kappa shape index (κ1) is 26.8. The Morgan fingerprint density at radius 1 is 1.20 bits per heavy atom. The molecule has 16 nitrogen and oxygen atoms in total. The largest absolute Gasteiger partial charge is 0.510 e. The van der Waals surface area contributed by atoms with Gasteiger partial charge in [0, 0.05) is 12.3 Å². The zero-order valence-corrected chi connectivity index (χ0v) is 19.4. The van der Waals surface area contributed by atoms with Crippen LogP contribution in [0.2, 0.25) is 0 Å². The molecule has 35 heavy (non-hydrogen) atoms. The number of hydrogen-bond donors (Lipinski definition) is 2. The number of halogens is 1. The van der Waals surface area contributed by atoms with Crippen molar-refractivity contribution in [3.63, 3.8) is 0 Å². The number of aliphatic hydroxyl groups is 1. The molecular formula is C17H22FN2O14P. The number of H-pyrrole nitrogens is 1. The van der Waals surface area contributed by atoms with Crippen LogP contribution < -0.4 is 11.2 Å². The third kappa shape index (κ3) is 5.24. The molecule has 1 aromatic rings. The van der Waals surface area contributed by atoms with Crippen LogP contribution in [0.25, 0.3) is 0 Å². The number of aromatic amines is 1. The summed E-state index contributed by atoms with van der Waals surface area (Å²) in [6, 6.07) is 0.999. The molecule has 1 aliphatic heterocycles. The predicted molar refractivity (Wildman–Crippen MR) is 106 cm³/mol. The Bertz CT molecular complexity index is 1090. The Labute approximate surface area is 195 Å². The molecule has 1 saturated carbocycles. The van der Waals surface area contributed by atoms with Gasteiger partial charge in [0.25, 0.3) is 5.56 Å². The van der Waals surface area contributed by atoms with Crippen molar-refractivity contribution in [2.45, 2.75) is 30.5 Å². The molecule has 5 atom stereocenters. The van der Waals surface area contributed by atoms with Gasteiger partial charge in [0.1, 0.15) is 24.0 Å². The third-order valence-corrected chi connectivity index (χ3v) is 6.65. The minimum atomic E-state index is -4.76. The summed E-state index contributed by atoms with van der Waals surface area (Å²) >= 11 is 0. The summed E-state index contributed by atoms with van der Waals surface area (Å²) in [4.78, 5) is 47.7. The van der Waals surface area contributed by atoms with E-state index in [2.05, 4.69) is 18.9 Å². The monoisotopic (exact) mass is 528 g/mol. The summed E-state index contributed by atoms with van der Waals surface area (Å²) < 4.78 is 66.0. The van der Waals surface area contributed by atoms with Gasteiger partial charge < -0.3 is 28.8 Å². The van der Waals surface area contributed by atoms with E-state index in [0.717, 1.165) is 31.0 Å². The summed E-state index contributed by atoms with van der Waals surface area (Å²) in [5.41, 5.74) is -5.49. The average Bonchev–Trinajstić information content (AvgIpc) is 3.35. The van der Waals surface area contributed by atoms with E-state index in [9.17, 15) is 33.2 Å². The zero-order chi connectivity index (χ0) is 26.0. The highest BCUT2D eigenvalue weighted by Crippen LogP contribution is 2.69. The molecule has 2 N–H and O–H groups in total. The highest BCUT2D eigenvalue weighted by Gasteiger charge is 2.82. The molecule has 5 unspecified atom stereocenters. The number of phosphoric acid groups is 1. The maximum atomic E-state index is 14.1. The number of phosphoric ester groups is 1. The van der Waals surface area contributed by atoms with Crippen LogP contribution in [0, 0.1) is 5.92 Å². The van der Waals surface area contributed by atoms with Crippen molar-refractivity contribution in [3.8, 4) is 0 Å².